The largest absolute Gasteiger partial charge is 0.480 e. The monoisotopic (exact) mass is 398 g/mol. The molecule has 1 saturated carbocycles. The van der Waals surface area contributed by atoms with Gasteiger partial charge in [-0.1, -0.05) is 18.2 Å². The van der Waals surface area contributed by atoms with Crippen LogP contribution < -0.4 is 10.3 Å². The van der Waals surface area contributed by atoms with Gasteiger partial charge in [-0.2, -0.15) is 5.10 Å². The molecule has 1 aliphatic carbocycles. The predicted octanol–water partition coefficient (Wildman–Crippen LogP) is 1.47. The summed E-state index contributed by atoms with van der Waals surface area (Å²) in [5, 5.41) is 18.3. The summed E-state index contributed by atoms with van der Waals surface area (Å²) in [7, 11) is 0. The lowest BCUT2D eigenvalue weighted by Gasteiger charge is -2.32. The molecule has 29 heavy (non-hydrogen) atoms. The van der Waals surface area contributed by atoms with E-state index in [4.69, 9.17) is 0 Å². The van der Waals surface area contributed by atoms with Crippen LogP contribution in [-0.4, -0.2) is 59.2 Å². The van der Waals surface area contributed by atoms with E-state index >= 15 is 0 Å². The number of piperidine rings is 1. The number of para-hydroxylation sites is 1. The molecule has 3 aliphatic rings. The zero-order valence-electron chi connectivity index (χ0n) is 16.3. The number of hydrogen-bond acceptors (Lipinski definition) is 5. The molecule has 154 valence electrons. The van der Waals surface area contributed by atoms with Crippen molar-refractivity contribution in [3.63, 3.8) is 0 Å². The van der Waals surface area contributed by atoms with Crippen molar-refractivity contribution in [1.29, 1.82) is 0 Å². The smallest absolute Gasteiger partial charge is 0.328 e. The molecule has 2 heterocycles. The van der Waals surface area contributed by atoms with Gasteiger partial charge in [0, 0.05) is 26.1 Å². The fraction of sp³-hybridized carbons (Fsp3) is 0.524. The fourth-order valence-electron chi connectivity index (χ4n) is 3.92. The van der Waals surface area contributed by atoms with Gasteiger partial charge in [-0.15, -0.1) is 0 Å². The molecular formula is C21H26N4O4. The minimum absolute atomic E-state index is 0.0112. The molecule has 2 unspecified atom stereocenters. The molecule has 2 amide bonds. The first-order chi connectivity index (χ1) is 14.0. The van der Waals surface area contributed by atoms with Crippen LogP contribution in [0, 0.1) is 11.8 Å². The number of carbonyl (C=O) groups is 3. The van der Waals surface area contributed by atoms with Crippen molar-refractivity contribution in [3.8, 4) is 0 Å². The third-order valence-electron chi connectivity index (χ3n) is 5.80. The van der Waals surface area contributed by atoms with E-state index in [1.165, 1.54) is 17.9 Å². The van der Waals surface area contributed by atoms with E-state index in [1.807, 2.05) is 6.07 Å². The second-order valence-electron chi connectivity index (χ2n) is 8.06. The Balaban J connectivity index is 1.43. The maximum atomic E-state index is 13.0. The van der Waals surface area contributed by atoms with Crippen LogP contribution in [0.2, 0.25) is 0 Å². The van der Waals surface area contributed by atoms with Crippen LogP contribution in [0.3, 0.4) is 0 Å². The third kappa shape index (κ3) is 4.41. The Labute approximate surface area is 169 Å². The van der Waals surface area contributed by atoms with Crippen LogP contribution in [0.1, 0.15) is 32.1 Å². The van der Waals surface area contributed by atoms with Crippen LogP contribution >= 0.6 is 0 Å². The van der Waals surface area contributed by atoms with Gasteiger partial charge in [-0.05, 0) is 43.7 Å². The summed E-state index contributed by atoms with van der Waals surface area (Å²) in [6.45, 7) is 1.65. The highest BCUT2D eigenvalue weighted by atomic mass is 16.4. The van der Waals surface area contributed by atoms with Gasteiger partial charge in [-0.3, -0.25) is 14.6 Å². The summed E-state index contributed by atoms with van der Waals surface area (Å²) in [6, 6.07) is 8.09. The van der Waals surface area contributed by atoms with Crippen molar-refractivity contribution in [2.24, 2.45) is 16.9 Å². The van der Waals surface area contributed by atoms with Crippen molar-refractivity contribution in [1.82, 2.24) is 10.2 Å². The summed E-state index contributed by atoms with van der Waals surface area (Å²) < 4.78 is 0. The number of amides is 2. The number of carboxylic acid groups (broad SMARTS) is 1. The quantitative estimate of drug-likeness (QED) is 0.756. The van der Waals surface area contributed by atoms with E-state index in [2.05, 4.69) is 10.4 Å². The van der Waals surface area contributed by atoms with E-state index in [1.54, 1.807) is 29.2 Å². The molecule has 0 radical (unpaired) electrons. The van der Waals surface area contributed by atoms with Crippen molar-refractivity contribution in [2.45, 2.75) is 38.1 Å². The van der Waals surface area contributed by atoms with Crippen LogP contribution in [0.5, 0.6) is 0 Å². The Morgan fingerprint density at radius 1 is 1.14 bits per heavy atom. The average Bonchev–Trinajstić information content (AvgIpc) is 3.47. The third-order valence-corrected chi connectivity index (χ3v) is 5.80. The molecule has 2 fully saturated rings. The number of nitrogens with zero attached hydrogens (tertiary/aromatic N) is 3. The topological polar surface area (TPSA) is 102 Å². The SMILES string of the molecule is O=C(NCC1CC1)C1CCCN(C(=O)C2=NN(c3ccccc3)C(C(=O)O)C2)C1. The molecule has 1 saturated heterocycles. The van der Waals surface area contributed by atoms with Gasteiger partial charge in [-0.25, -0.2) is 4.79 Å². The molecular weight excluding hydrogens is 372 g/mol. The molecule has 1 aromatic rings. The Morgan fingerprint density at radius 2 is 1.90 bits per heavy atom. The summed E-state index contributed by atoms with van der Waals surface area (Å²) in [5.41, 5.74) is 0.874. The number of likely N-dealkylation sites (tertiary alicyclic amines) is 1. The van der Waals surface area contributed by atoms with Crippen LogP contribution in [0.15, 0.2) is 35.4 Å². The minimum atomic E-state index is -1.02. The van der Waals surface area contributed by atoms with Gasteiger partial charge in [0.15, 0.2) is 6.04 Å². The first-order valence-corrected chi connectivity index (χ1v) is 10.2. The van der Waals surface area contributed by atoms with E-state index in [0.717, 1.165) is 19.4 Å². The highest BCUT2D eigenvalue weighted by Crippen LogP contribution is 2.28. The average molecular weight is 398 g/mol. The van der Waals surface area contributed by atoms with Gasteiger partial charge in [0.05, 0.1) is 11.6 Å². The number of rotatable bonds is 6. The predicted molar refractivity (Wildman–Crippen MR) is 107 cm³/mol. The molecule has 0 spiro atoms. The number of aliphatic carboxylic acids is 1. The molecule has 4 rings (SSSR count). The molecule has 8 heteroatoms. The maximum absolute atomic E-state index is 13.0. The minimum Gasteiger partial charge on any atom is -0.480 e. The number of benzene rings is 1. The Morgan fingerprint density at radius 3 is 2.59 bits per heavy atom. The summed E-state index contributed by atoms with van der Waals surface area (Å²) in [6.07, 6.45) is 3.93. The van der Waals surface area contributed by atoms with Crippen molar-refractivity contribution >= 4 is 29.2 Å². The number of hydrogen-bond donors (Lipinski definition) is 2. The summed E-state index contributed by atoms with van der Waals surface area (Å²) in [5.74, 6) is -0.873. The van der Waals surface area contributed by atoms with E-state index < -0.39 is 12.0 Å². The lowest BCUT2D eigenvalue weighted by molar-refractivity contribution is -0.138. The second kappa shape index (κ2) is 8.23. The molecule has 1 aromatic carbocycles. The van der Waals surface area contributed by atoms with E-state index in [0.29, 0.717) is 24.7 Å². The van der Waals surface area contributed by atoms with Gasteiger partial charge < -0.3 is 15.3 Å². The number of carbonyl (C=O) groups excluding carboxylic acids is 2. The Bertz CT molecular complexity index is 821. The zero-order valence-corrected chi connectivity index (χ0v) is 16.3. The van der Waals surface area contributed by atoms with Crippen molar-refractivity contribution < 1.29 is 19.5 Å². The molecule has 2 N–H and O–H groups in total. The number of hydrazone groups is 1. The lowest BCUT2D eigenvalue weighted by Crippen LogP contribution is -2.47. The summed E-state index contributed by atoms with van der Waals surface area (Å²) in [4.78, 5) is 38.8. The molecule has 8 nitrogen and oxygen atoms in total. The number of carboxylic acids is 1. The standard InChI is InChI=1S/C21H26N4O4/c26-19(22-12-14-8-9-14)15-5-4-10-24(13-15)20(27)17-11-18(21(28)29)25(23-17)16-6-2-1-3-7-16/h1-3,6-7,14-15,18H,4-5,8-13H2,(H,22,26)(H,28,29). The highest BCUT2D eigenvalue weighted by Gasteiger charge is 2.39. The first-order valence-electron chi connectivity index (χ1n) is 10.2. The van der Waals surface area contributed by atoms with Crippen LogP contribution in [0.4, 0.5) is 5.69 Å². The van der Waals surface area contributed by atoms with E-state index in [-0.39, 0.29) is 29.9 Å². The molecule has 0 bridgehead atoms. The number of anilines is 1. The van der Waals surface area contributed by atoms with Crippen LogP contribution in [-0.2, 0) is 14.4 Å². The van der Waals surface area contributed by atoms with Crippen LogP contribution in [0.25, 0.3) is 0 Å². The fourth-order valence-corrected chi connectivity index (χ4v) is 3.92. The molecule has 2 aliphatic heterocycles. The molecule has 2 atom stereocenters. The number of nitrogens with one attached hydrogen (secondary N) is 1. The highest BCUT2D eigenvalue weighted by molar-refractivity contribution is 6.40. The Hall–Kier alpha value is -2.90. The Kier molecular flexibility index (Phi) is 5.51. The summed E-state index contributed by atoms with van der Waals surface area (Å²) >= 11 is 0. The second-order valence-corrected chi connectivity index (χ2v) is 8.06. The van der Waals surface area contributed by atoms with Gasteiger partial charge in [0.25, 0.3) is 5.91 Å². The zero-order chi connectivity index (χ0) is 20.4. The van der Waals surface area contributed by atoms with Gasteiger partial charge in [0.2, 0.25) is 5.91 Å². The lowest BCUT2D eigenvalue weighted by atomic mass is 9.96. The maximum Gasteiger partial charge on any atom is 0.328 e. The van der Waals surface area contributed by atoms with Crippen molar-refractivity contribution in [3.05, 3.63) is 30.3 Å². The van der Waals surface area contributed by atoms with E-state index in [9.17, 15) is 19.5 Å². The molecule has 0 aromatic heterocycles. The normalized spacial score (nSPS) is 24.2. The van der Waals surface area contributed by atoms with Gasteiger partial charge >= 0.3 is 5.97 Å². The first kappa shape index (κ1) is 19.4. The van der Waals surface area contributed by atoms with Crippen molar-refractivity contribution in [2.75, 3.05) is 24.6 Å². The van der Waals surface area contributed by atoms with Gasteiger partial charge in [0.1, 0.15) is 5.71 Å².